The van der Waals surface area contributed by atoms with Crippen LogP contribution in [0.25, 0.3) is 0 Å². The Labute approximate surface area is 168 Å². The van der Waals surface area contributed by atoms with Crippen LogP contribution in [-0.2, 0) is 21.4 Å². The summed E-state index contributed by atoms with van der Waals surface area (Å²) in [7, 11) is -0.661. The van der Waals surface area contributed by atoms with E-state index < -0.39 is 37.5 Å². The van der Waals surface area contributed by atoms with Gasteiger partial charge in [0.2, 0.25) is 7.36 Å². The van der Waals surface area contributed by atoms with Gasteiger partial charge < -0.3 is 5.11 Å². The number of hydrogen-bond acceptors (Lipinski definition) is 7. The number of alkyl halides is 3. The number of aliphatic carboxylic acids is 1. The van der Waals surface area contributed by atoms with Crippen LogP contribution in [0.15, 0.2) is 0 Å². The Morgan fingerprint density at radius 2 is 1.39 bits per heavy atom. The van der Waals surface area contributed by atoms with Crippen molar-refractivity contribution in [3.8, 4) is 0 Å². The van der Waals surface area contributed by atoms with E-state index >= 15 is 0 Å². The molecule has 28 heavy (non-hydrogen) atoms. The van der Waals surface area contributed by atoms with Gasteiger partial charge in [0.25, 0.3) is 0 Å². The third kappa shape index (κ3) is 6.30. The van der Waals surface area contributed by atoms with Crippen LogP contribution in [0.4, 0.5) is 13.2 Å². The second kappa shape index (κ2) is 10.2. The van der Waals surface area contributed by atoms with Gasteiger partial charge in [-0.25, -0.2) is 10.0 Å². The zero-order valence-electron chi connectivity index (χ0n) is 15.4. The number of halogens is 3. The molecule has 1 atom stereocenters. The molecule has 0 aromatic carbocycles. The van der Waals surface area contributed by atoms with Crippen LogP contribution >= 0.6 is 7.36 Å². The fourth-order valence-corrected chi connectivity index (χ4v) is 4.65. The maximum Gasteiger partial charge on any atom is 0.471 e. The Morgan fingerprint density at radius 1 is 0.964 bits per heavy atom. The van der Waals surface area contributed by atoms with E-state index in [1.807, 2.05) is 0 Å². The smallest absolute Gasteiger partial charge is 0.471 e. The van der Waals surface area contributed by atoms with E-state index in [0.717, 1.165) is 38.5 Å². The number of carboxylic acids is 1. The van der Waals surface area contributed by atoms with Crippen LogP contribution in [0.3, 0.4) is 0 Å². The third-order valence-corrected chi connectivity index (χ3v) is 6.36. The second-order valence-corrected chi connectivity index (χ2v) is 8.45. The zero-order valence-corrected chi connectivity index (χ0v) is 17.2. The molecule has 0 saturated carbocycles. The maximum atomic E-state index is 13.3. The molecule has 0 spiro atoms. The van der Waals surface area contributed by atoms with Gasteiger partial charge >= 0.3 is 23.6 Å². The van der Waals surface area contributed by atoms with E-state index in [4.69, 9.17) is 11.8 Å². The molecule has 2 aliphatic rings. The zero-order chi connectivity index (χ0) is 20.8. The first-order valence-corrected chi connectivity index (χ1v) is 11.4. The molecule has 2 heterocycles. The number of amides is 1. The summed E-state index contributed by atoms with van der Waals surface area (Å²) >= 11 is 5.19. The monoisotopic (exact) mass is 444 g/mol. The Kier molecular flexibility index (Phi) is 8.53. The van der Waals surface area contributed by atoms with Gasteiger partial charge in [-0.05, 0) is 25.7 Å². The standard InChI is InChI=1S/C15H25F3N5O3PS/c16-14(17,18)13(26)23(11-12(24)25)15(27-28,19-21-7-3-1-4-8-21)20-22-9-5-2-6-10-22/h19-20H,1-11H2,(H,24,25)/p+1. The lowest BCUT2D eigenvalue weighted by atomic mass is 10.2. The van der Waals surface area contributed by atoms with E-state index in [1.165, 1.54) is 0 Å². The molecular weight excluding hydrogens is 418 g/mol. The van der Waals surface area contributed by atoms with E-state index in [-0.39, 0.29) is 4.90 Å². The van der Waals surface area contributed by atoms with E-state index in [2.05, 4.69) is 10.9 Å². The Balaban J connectivity index is 2.38. The van der Waals surface area contributed by atoms with Crippen molar-refractivity contribution in [1.29, 1.82) is 0 Å². The molecule has 2 saturated heterocycles. The van der Waals surface area contributed by atoms with Gasteiger partial charge in [-0.1, -0.05) is 12.8 Å². The van der Waals surface area contributed by atoms with Crippen molar-refractivity contribution in [2.45, 2.75) is 50.2 Å². The fraction of sp³-hybridized carbons (Fsp3) is 0.867. The molecule has 2 aliphatic heterocycles. The maximum absolute atomic E-state index is 13.3. The first-order chi connectivity index (χ1) is 13.2. The molecule has 0 radical (unpaired) electrons. The Hall–Kier alpha value is -0.910. The van der Waals surface area contributed by atoms with Gasteiger partial charge in [-0.3, -0.25) is 14.5 Å². The third-order valence-electron chi connectivity index (χ3n) is 4.69. The number of nitrogens with one attached hydrogen (secondary N) is 2. The lowest BCUT2D eigenvalue weighted by Crippen LogP contribution is -2.74. The largest absolute Gasteiger partial charge is 0.480 e. The van der Waals surface area contributed by atoms with Crippen LogP contribution in [0.5, 0.6) is 0 Å². The van der Waals surface area contributed by atoms with Gasteiger partial charge in [0.15, 0.2) is 11.8 Å². The lowest BCUT2D eigenvalue weighted by Gasteiger charge is -2.43. The summed E-state index contributed by atoms with van der Waals surface area (Å²) in [5, 5.41) is 12.6. The highest BCUT2D eigenvalue weighted by Crippen LogP contribution is 2.30. The summed E-state index contributed by atoms with van der Waals surface area (Å²) in [5.74, 6) is -3.78. The molecule has 2 rings (SSSR count). The SMILES string of the molecule is O=C(O)CN(C(=O)C(F)(F)F)C(NN1CCCCC1)(NN1CCCCC1)[PH+]=S. The molecule has 0 aliphatic carbocycles. The van der Waals surface area contributed by atoms with Crippen LogP contribution < -0.4 is 10.9 Å². The predicted molar refractivity (Wildman–Crippen MR) is 101 cm³/mol. The molecule has 0 aromatic heterocycles. The van der Waals surface area contributed by atoms with Crippen molar-refractivity contribution in [1.82, 2.24) is 25.8 Å². The summed E-state index contributed by atoms with van der Waals surface area (Å²) < 4.78 is 39.8. The quantitative estimate of drug-likeness (QED) is 0.380. The number of piperidine rings is 2. The topological polar surface area (TPSA) is 88.1 Å². The van der Waals surface area contributed by atoms with Gasteiger partial charge in [-0.2, -0.15) is 24.0 Å². The van der Waals surface area contributed by atoms with Crippen molar-refractivity contribution in [2.75, 3.05) is 32.7 Å². The van der Waals surface area contributed by atoms with Crippen molar-refractivity contribution in [3.05, 3.63) is 0 Å². The minimum absolute atomic E-state index is 0.282. The van der Waals surface area contributed by atoms with Crippen molar-refractivity contribution < 1.29 is 27.9 Å². The minimum atomic E-state index is -5.22. The molecule has 8 nitrogen and oxygen atoms in total. The predicted octanol–water partition coefficient (Wildman–Crippen LogP) is 1.19. The van der Waals surface area contributed by atoms with E-state index in [0.29, 0.717) is 26.2 Å². The summed E-state index contributed by atoms with van der Waals surface area (Å²) in [6, 6.07) is 0. The van der Waals surface area contributed by atoms with E-state index in [9.17, 15) is 27.9 Å². The number of rotatable bonds is 8. The number of carboxylic acid groups (broad SMARTS) is 1. The van der Waals surface area contributed by atoms with Gasteiger partial charge in [-0.15, -0.1) is 0 Å². The Bertz CT molecular complexity index is 552. The molecule has 160 valence electrons. The molecular formula is C15H26F3N5O3PS+. The van der Waals surface area contributed by atoms with Crippen LogP contribution in [0.1, 0.15) is 38.5 Å². The van der Waals surface area contributed by atoms with Gasteiger partial charge in [0.05, 0.1) is 0 Å². The van der Waals surface area contributed by atoms with E-state index in [1.54, 1.807) is 10.0 Å². The highest BCUT2D eigenvalue weighted by atomic mass is 32.4. The number of carbonyl (C=O) groups is 2. The highest BCUT2D eigenvalue weighted by molar-refractivity contribution is 7.97. The molecule has 0 aromatic rings. The second-order valence-electron chi connectivity index (χ2n) is 6.91. The first kappa shape index (κ1) is 23.4. The average molecular weight is 444 g/mol. The number of hydrogen-bond donors (Lipinski definition) is 3. The van der Waals surface area contributed by atoms with Crippen LogP contribution in [0, 0.1) is 0 Å². The van der Waals surface area contributed by atoms with Crippen molar-refractivity contribution in [2.24, 2.45) is 0 Å². The summed E-state index contributed by atoms with van der Waals surface area (Å²) in [5.41, 5.74) is 4.07. The molecule has 0 bridgehead atoms. The highest BCUT2D eigenvalue weighted by Gasteiger charge is 2.56. The molecule has 13 heteroatoms. The molecule has 1 unspecified atom stereocenters. The lowest BCUT2D eigenvalue weighted by molar-refractivity contribution is -0.196. The summed E-state index contributed by atoms with van der Waals surface area (Å²) in [6.45, 7) is 1.17. The summed E-state index contributed by atoms with van der Waals surface area (Å²) in [4.78, 5) is 23.8. The molecule has 2 fully saturated rings. The number of hydrazine groups is 2. The van der Waals surface area contributed by atoms with Gasteiger partial charge in [0.1, 0.15) is 6.54 Å². The van der Waals surface area contributed by atoms with Crippen LogP contribution in [-0.4, -0.2) is 76.3 Å². The Morgan fingerprint density at radius 3 is 1.71 bits per heavy atom. The normalized spacial score (nSPS) is 20.2. The molecule has 3 N–H and O–H groups in total. The van der Waals surface area contributed by atoms with Crippen LogP contribution in [0.2, 0.25) is 0 Å². The molecule has 1 amide bonds. The number of carbonyl (C=O) groups excluding carboxylic acids is 1. The fourth-order valence-electron chi connectivity index (χ4n) is 3.35. The van der Waals surface area contributed by atoms with Gasteiger partial charge in [0, 0.05) is 26.2 Å². The van der Waals surface area contributed by atoms with Crippen molar-refractivity contribution in [3.63, 3.8) is 0 Å². The minimum Gasteiger partial charge on any atom is -0.480 e. The average Bonchev–Trinajstić information content (AvgIpc) is 2.66. The van der Waals surface area contributed by atoms with Crippen molar-refractivity contribution >= 4 is 31.0 Å². The number of nitrogens with zero attached hydrogens (tertiary/aromatic N) is 3. The first-order valence-electron chi connectivity index (χ1n) is 9.23. The summed E-state index contributed by atoms with van der Waals surface area (Å²) in [6.07, 6.45) is 0.170.